The van der Waals surface area contributed by atoms with Crippen LogP contribution in [0.15, 0.2) is 125 Å². The Morgan fingerprint density at radius 1 is 0.690 bits per heavy atom. The Kier molecular flexibility index (Phi) is 7.87. The molecule has 0 bridgehead atoms. The van der Waals surface area contributed by atoms with Crippen molar-refractivity contribution >= 4 is 17.1 Å². The van der Waals surface area contributed by atoms with Gasteiger partial charge in [0.15, 0.2) is 0 Å². The van der Waals surface area contributed by atoms with Crippen LogP contribution in [0.2, 0.25) is 0 Å². The zero-order valence-corrected chi connectivity index (χ0v) is 23.9. The van der Waals surface area contributed by atoms with Gasteiger partial charge in [-0.1, -0.05) is 48.5 Å². The summed E-state index contributed by atoms with van der Waals surface area (Å²) in [6.07, 6.45) is 6.02. The monoisotopic (exact) mass is 551 g/mol. The highest BCUT2D eigenvalue weighted by Gasteiger charge is 2.29. The maximum Gasteiger partial charge on any atom is 0.118 e. The molecule has 0 amide bonds. The second-order valence-electron chi connectivity index (χ2n) is 10.7. The predicted octanol–water partition coefficient (Wildman–Crippen LogP) is 9.13. The summed E-state index contributed by atoms with van der Waals surface area (Å²) in [4.78, 5) is 4.94. The molecule has 0 spiro atoms. The first-order valence-electron chi connectivity index (χ1n) is 14.3. The normalized spacial score (nSPS) is 17.2. The fourth-order valence-corrected chi connectivity index (χ4v) is 5.76. The topological polar surface area (TPSA) is 66.6 Å². The molecule has 0 aromatic heterocycles. The number of benzene rings is 4. The molecule has 6 rings (SSSR count). The Hall–Kier alpha value is -5.08. The molecule has 1 N–H and O–H groups in total. The number of aliphatic imine (C=N–C) groups is 1. The lowest BCUT2D eigenvalue weighted by Crippen LogP contribution is -2.22. The van der Waals surface area contributed by atoms with Crippen molar-refractivity contribution in [1.29, 1.82) is 5.26 Å². The van der Waals surface area contributed by atoms with Crippen molar-refractivity contribution in [2.24, 2.45) is 10.9 Å². The minimum atomic E-state index is 0.402. The summed E-state index contributed by atoms with van der Waals surface area (Å²) in [7, 11) is 3.35. The van der Waals surface area contributed by atoms with Crippen LogP contribution in [0.5, 0.6) is 11.5 Å². The number of allylic oxidation sites excluding steroid dienone is 4. The van der Waals surface area contributed by atoms with Crippen molar-refractivity contribution in [1.82, 2.24) is 0 Å². The van der Waals surface area contributed by atoms with Gasteiger partial charge in [-0.3, -0.25) is 4.99 Å². The average Bonchev–Trinajstić information content (AvgIpc) is 3.05. The fourth-order valence-electron chi connectivity index (χ4n) is 5.76. The lowest BCUT2D eigenvalue weighted by Gasteiger charge is -2.30. The molecule has 0 aliphatic heterocycles. The highest BCUT2D eigenvalue weighted by molar-refractivity contribution is 6.06. The van der Waals surface area contributed by atoms with Crippen LogP contribution in [-0.2, 0) is 0 Å². The second-order valence-corrected chi connectivity index (χ2v) is 10.7. The summed E-state index contributed by atoms with van der Waals surface area (Å²) in [5.41, 5.74) is 10.3. The maximum absolute atomic E-state index is 10.2. The first-order chi connectivity index (χ1) is 20.6. The molecule has 208 valence electrons. The molecular formula is C37H33N3O2. The SMILES string of the molecule is COc1ccc(-c2ccc(/N=C3\CCC4CCC(Nc5ccc(-c6ccc(OC)cc6)cc5)=CC4=C3C#N)cc2)cc1. The van der Waals surface area contributed by atoms with Crippen LogP contribution in [0, 0.1) is 17.2 Å². The molecule has 0 heterocycles. The zero-order chi connectivity index (χ0) is 28.9. The second kappa shape index (κ2) is 12.2. The van der Waals surface area contributed by atoms with Gasteiger partial charge < -0.3 is 14.8 Å². The lowest BCUT2D eigenvalue weighted by molar-refractivity contribution is 0.415. The number of nitrogens with zero attached hydrogens (tertiary/aromatic N) is 2. The summed E-state index contributed by atoms with van der Waals surface area (Å²) in [5, 5.41) is 13.8. The Morgan fingerprint density at radius 3 is 1.71 bits per heavy atom. The summed E-state index contributed by atoms with van der Waals surface area (Å²) in [6.45, 7) is 0. The maximum atomic E-state index is 10.2. The number of nitrogens with one attached hydrogen (secondary N) is 1. The molecule has 4 aromatic carbocycles. The van der Waals surface area contributed by atoms with Crippen molar-refractivity contribution in [3.8, 4) is 39.8 Å². The quantitative estimate of drug-likeness (QED) is 0.249. The summed E-state index contributed by atoms with van der Waals surface area (Å²) in [6, 6.07) is 35.3. The van der Waals surface area contributed by atoms with Gasteiger partial charge in [-0.25, -0.2) is 0 Å². The van der Waals surface area contributed by atoms with Gasteiger partial charge >= 0.3 is 0 Å². The van der Waals surface area contributed by atoms with Crippen molar-refractivity contribution in [3.05, 3.63) is 120 Å². The number of nitriles is 1. The standard InChI is InChI=1S/C37H33N3O2/c1-41-33-18-8-27(9-19-33)25-3-13-30(14-4-25)39-32-17-7-29-12-22-37(36(24-38)35(29)23-32)40-31-15-5-26(6-16-31)28-10-20-34(42-2)21-11-28/h3-6,8-11,13-16,18-21,23,29,39H,7,12,17,22H2,1-2H3/b40-37+. The summed E-state index contributed by atoms with van der Waals surface area (Å²) >= 11 is 0. The Bertz CT molecular complexity index is 1690. The van der Waals surface area contributed by atoms with Crippen molar-refractivity contribution in [2.45, 2.75) is 25.7 Å². The van der Waals surface area contributed by atoms with E-state index < -0.39 is 0 Å². The highest BCUT2D eigenvalue weighted by atomic mass is 16.5. The minimum Gasteiger partial charge on any atom is -0.497 e. The van der Waals surface area contributed by atoms with Crippen molar-refractivity contribution < 1.29 is 9.47 Å². The highest BCUT2D eigenvalue weighted by Crippen LogP contribution is 2.39. The summed E-state index contributed by atoms with van der Waals surface area (Å²) in [5.74, 6) is 2.09. The zero-order valence-electron chi connectivity index (χ0n) is 23.9. The molecule has 0 saturated carbocycles. The Morgan fingerprint density at radius 2 is 1.19 bits per heavy atom. The number of fused-ring (bicyclic) bond motifs is 1. The largest absolute Gasteiger partial charge is 0.497 e. The van der Waals surface area contributed by atoms with Gasteiger partial charge in [-0.05, 0) is 114 Å². The van der Waals surface area contributed by atoms with Crippen LogP contribution in [0.3, 0.4) is 0 Å². The summed E-state index contributed by atoms with van der Waals surface area (Å²) < 4.78 is 10.5. The molecule has 42 heavy (non-hydrogen) atoms. The molecular weight excluding hydrogens is 518 g/mol. The molecule has 5 heteroatoms. The number of methoxy groups -OCH3 is 2. The van der Waals surface area contributed by atoms with Crippen LogP contribution in [-0.4, -0.2) is 19.9 Å². The van der Waals surface area contributed by atoms with Gasteiger partial charge in [0.2, 0.25) is 0 Å². The third-order valence-corrected chi connectivity index (χ3v) is 8.12. The Labute approximate surface area is 247 Å². The van der Waals surface area contributed by atoms with E-state index >= 15 is 0 Å². The first kappa shape index (κ1) is 27.1. The van der Waals surface area contributed by atoms with E-state index in [0.29, 0.717) is 5.92 Å². The number of ether oxygens (including phenoxy) is 2. The Balaban J connectivity index is 1.20. The van der Waals surface area contributed by atoms with E-state index in [1.54, 1.807) is 14.2 Å². The fraction of sp³-hybridized carbons (Fsp3) is 0.189. The van der Waals surface area contributed by atoms with Crippen LogP contribution in [0.25, 0.3) is 22.3 Å². The number of hydrogen-bond donors (Lipinski definition) is 1. The van der Waals surface area contributed by atoms with E-state index in [-0.39, 0.29) is 0 Å². The smallest absolute Gasteiger partial charge is 0.118 e. The van der Waals surface area contributed by atoms with Crippen LogP contribution >= 0.6 is 0 Å². The van der Waals surface area contributed by atoms with Crippen molar-refractivity contribution in [3.63, 3.8) is 0 Å². The van der Waals surface area contributed by atoms with Gasteiger partial charge in [-0.2, -0.15) is 5.26 Å². The van der Waals surface area contributed by atoms with E-state index in [4.69, 9.17) is 14.5 Å². The predicted molar refractivity (Wildman–Crippen MR) is 170 cm³/mol. The minimum absolute atomic E-state index is 0.402. The van der Waals surface area contributed by atoms with Gasteiger partial charge in [-0.15, -0.1) is 0 Å². The van der Waals surface area contributed by atoms with E-state index in [1.165, 1.54) is 0 Å². The van der Waals surface area contributed by atoms with E-state index in [9.17, 15) is 5.26 Å². The molecule has 5 nitrogen and oxygen atoms in total. The van der Waals surface area contributed by atoms with Gasteiger partial charge in [0.1, 0.15) is 17.6 Å². The lowest BCUT2D eigenvalue weighted by atomic mass is 9.76. The van der Waals surface area contributed by atoms with Gasteiger partial charge in [0, 0.05) is 11.4 Å². The van der Waals surface area contributed by atoms with Crippen LogP contribution in [0.1, 0.15) is 25.7 Å². The average molecular weight is 552 g/mol. The molecule has 1 atom stereocenters. The van der Waals surface area contributed by atoms with E-state index in [1.807, 2.05) is 36.4 Å². The van der Waals surface area contributed by atoms with Crippen molar-refractivity contribution in [2.75, 3.05) is 19.5 Å². The van der Waals surface area contributed by atoms with E-state index in [0.717, 1.165) is 93.4 Å². The van der Waals surface area contributed by atoms with Gasteiger partial charge in [0.25, 0.3) is 0 Å². The number of anilines is 1. The van der Waals surface area contributed by atoms with Crippen LogP contribution < -0.4 is 14.8 Å². The third-order valence-electron chi connectivity index (χ3n) is 8.12. The first-order valence-corrected chi connectivity index (χ1v) is 14.3. The molecule has 2 aliphatic carbocycles. The molecule has 0 fully saturated rings. The van der Waals surface area contributed by atoms with Gasteiger partial charge in [0.05, 0.1) is 31.2 Å². The molecule has 2 aliphatic rings. The molecule has 0 saturated heterocycles. The number of hydrogen-bond acceptors (Lipinski definition) is 5. The van der Waals surface area contributed by atoms with Crippen LogP contribution in [0.4, 0.5) is 11.4 Å². The molecule has 1 unspecified atom stereocenters. The third kappa shape index (κ3) is 5.84. The van der Waals surface area contributed by atoms with E-state index in [2.05, 4.69) is 78.1 Å². The molecule has 4 aromatic rings. The molecule has 0 radical (unpaired) electrons. The number of rotatable bonds is 7.